The first kappa shape index (κ1) is 27.4. The molecule has 0 amide bonds. The zero-order chi connectivity index (χ0) is 22.8. The standard InChI is InChI=1S/C26H37N3O3.HI/c1-5-27-26(28-15-21-7-6-8-22(14-21)17-31-19(2)3)29-16-23-10-9-20(4)13-25(23)32-24-11-12-30-18-24;/h6-10,13-14,19,24H,5,11-12,15-18H2,1-4H3,(H2,27,28,29);1H. The fraction of sp³-hybridized carbons (Fsp3) is 0.500. The molecule has 0 spiro atoms. The molecule has 0 radical (unpaired) electrons. The SMILES string of the molecule is CCNC(=NCc1cccc(COC(C)C)c1)NCc1ccc(C)cc1OC1CCOC1.I. The molecule has 2 aromatic rings. The predicted molar refractivity (Wildman–Crippen MR) is 144 cm³/mol. The third kappa shape index (κ3) is 9.51. The second-order valence-electron chi connectivity index (χ2n) is 8.44. The number of hydrogen-bond acceptors (Lipinski definition) is 4. The maximum atomic E-state index is 6.22. The van der Waals surface area contributed by atoms with Gasteiger partial charge in [0.1, 0.15) is 11.9 Å². The van der Waals surface area contributed by atoms with Crippen molar-refractivity contribution in [1.82, 2.24) is 10.6 Å². The summed E-state index contributed by atoms with van der Waals surface area (Å²) in [6.45, 7) is 12.3. The molecule has 0 bridgehead atoms. The first-order chi connectivity index (χ1) is 15.5. The van der Waals surface area contributed by atoms with Gasteiger partial charge in [-0.2, -0.15) is 0 Å². The van der Waals surface area contributed by atoms with Crippen LogP contribution in [0.5, 0.6) is 5.75 Å². The molecule has 1 saturated heterocycles. The lowest BCUT2D eigenvalue weighted by atomic mass is 10.1. The molecule has 1 fully saturated rings. The molecular formula is C26H38IN3O3. The van der Waals surface area contributed by atoms with Crippen LogP contribution in [-0.4, -0.2) is 37.9 Å². The van der Waals surface area contributed by atoms with Gasteiger partial charge in [0, 0.05) is 25.1 Å². The zero-order valence-corrected chi connectivity index (χ0v) is 22.6. The molecule has 1 atom stereocenters. The van der Waals surface area contributed by atoms with Gasteiger partial charge in [0.25, 0.3) is 0 Å². The second kappa shape index (κ2) is 14.4. The topological polar surface area (TPSA) is 64.1 Å². The Bertz CT molecular complexity index is 883. The Kier molecular flexibility index (Phi) is 12.0. The molecular weight excluding hydrogens is 529 g/mol. The van der Waals surface area contributed by atoms with E-state index in [1.165, 1.54) is 11.1 Å². The molecule has 0 aliphatic carbocycles. The highest BCUT2D eigenvalue weighted by Gasteiger charge is 2.18. The van der Waals surface area contributed by atoms with Crippen LogP contribution in [0.15, 0.2) is 47.5 Å². The minimum atomic E-state index is 0. The van der Waals surface area contributed by atoms with Crippen LogP contribution in [0.25, 0.3) is 0 Å². The van der Waals surface area contributed by atoms with Crippen molar-refractivity contribution in [3.8, 4) is 5.75 Å². The van der Waals surface area contributed by atoms with Crippen molar-refractivity contribution in [2.24, 2.45) is 4.99 Å². The molecule has 0 aromatic heterocycles. The summed E-state index contributed by atoms with van der Waals surface area (Å²) < 4.78 is 17.4. The van der Waals surface area contributed by atoms with Gasteiger partial charge >= 0.3 is 0 Å². The number of hydrogen-bond donors (Lipinski definition) is 2. The maximum absolute atomic E-state index is 6.22. The summed E-state index contributed by atoms with van der Waals surface area (Å²) in [7, 11) is 0. The third-order valence-corrected chi connectivity index (χ3v) is 5.19. The van der Waals surface area contributed by atoms with Gasteiger partial charge in [0.2, 0.25) is 0 Å². The lowest BCUT2D eigenvalue weighted by Gasteiger charge is -2.18. The Labute approximate surface area is 215 Å². The maximum Gasteiger partial charge on any atom is 0.191 e. The van der Waals surface area contributed by atoms with Crippen molar-refractivity contribution < 1.29 is 14.2 Å². The van der Waals surface area contributed by atoms with E-state index >= 15 is 0 Å². The number of halogens is 1. The van der Waals surface area contributed by atoms with Gasteiger partial charge in [0.05, 0.1) is 32.5 Å². The Morgan fingerprint density at radius 3 is 2.70 bits per heavy atom. The second-order valence-corrected chi connectivity index (χ2v) is 8.44. The van der Waals surface area contributed by atoms with E-state index in [9.17, 15) is 0 Å². The lowest BCUT2D eigenvalue weighted by Crippen LogP contribution is -2.37. The van der Waals surface area contributed by atoms with Crippen molar-refractivity contribution in [2.45, 2.75) is 66.0 Å². The van der Waals surface area contributed by atoms with Crippen LogP contribution in [0.1, 0.15) is 49.4 Å². The summed E-state index contributed by atoms with van der Waals surface area (Å²) in [5.74, 6) is 1.70. The first-order valence-electron chi connectivity index (χ1n) is 11.6. The monoisotopic (exact) mass is 567 g/mol. The molecule has 2 N–H and O–H groups in total. The largest absolute Gasteiger partial charge is 0.488 e. The number of nitrogens with zero attached hydrogens (tertiary/aromatic N) is 1. The molecule has 1 aliphatic heterocycles. The van der Waals surface area contributed by atoms with E-state index in [1.807, 2.05) is 0 Å². The number of guanidine groups is 1. The molecule has 2 aromatic carbocycles. The van der Waals surface area contributed by atoms with Crippen molar-refractivity contribution >= 4 is 29.9 Å². The average Bonchev–Trinajstić information content (AvgIpc) is 3.29. The molecule has 6 nitrogen and oxygen atoms in total. The smallest absolute Gasteiger partial charge is 0.191 e. The highest BCUT2D eigenvalue weighted by Crippen LogP contribution is 2.23. The first-order valence-corrected chi connectivity index (χ1v) is 11.6. The molecule has 1 aliphatic rings. The van der Waals surface area contributed by atoms with Crippen LogP contribution in [0.2, 0.25) is 0 Å². The minimum Gasteiger partial charge on any atom is -0.488 e. The molecule has 7 heteroatoms. The average molecular weight is 568 g/mol. The van der Waals surface area contributed by atoms with E-state index in [-0.39, 0.29) is 36.2 Å². The fourth-order valence-corrected chi connectivity index (χ4v) is 3.47. The van der Waals surface area contributed by atoms with E-state index in [4.69, 9.17) is 19.2 Å². The fourth-order valence-electron chi connectivity index (χ4n) is 3.47. The van der Waals surface area contributed by atoms with Crippen LogP contribution in [-0.2, 0) is 29.2 Å². The van der Waals surface area contributed by atoms with Gasteiger partial charge in [0.15, 0.2) is 5.96 Å². The van der Waals surface area contributed by atoms with E-state index in [1.54, 1.807) is 0 Å². The van der Waals surface area contributed by atoms with Crippen LogP contribution in [0.4, 0.5) is 0 Å². The molecule has 182 valence electrons. The van der Waals surface area contributed by atoms with Gasteiger partial charge in [-0.15, -0.1) is 24.0 Å². The molecule has 1 heterocycles. The molecule has 1 unspecified atom stereocenters. The summed E-state index contributed by atoms with van der Waals surface area (Å²) in [5.41, 5.74) is 4.62. The van der Waals surface area contributed by atoms with Crippen LogP contribution >= 0.6 is 24.0 Å². The number of aliphatic imine (C=N–C) groups is 1. The Morgan fingerprint density at radius 1 is 1.15 bits per heavy atom. The molecule has 3 rings (SSSR count). The van der Waals surface area contributed by atoms with Crippen molar-refractivity contribution in [3.05, 3.63) is 64.7 Å². The molecule has 0 saturated carbocycles. The van der Waals surface area contributed by atoms with Crippen molar-refractivity contribution in [3.63, 3.8) is 0 Å². The van der Waals surface area contributed by atoms with Gasteiger partial charge in [-0.1, -0.05) is 36.4 Å². The van der Waals surface area contributed by atoms with Gasteiger partial charge < -0.3 is 24.8 Å². The van der Waals surface area contributed by atoms with Crippen LogP contribution < -0.4 is 15.4 Å². The Hall–Kier alpha value is -1.84. The quantitative estimate of drug-likeness (QED) is 0.242. The van der Waals surface area contributed by atoms with E-state index in [0.717, 1.165) is 42.4 Å². The van der Waals surface area contributed by atoms with E-state index < -0.39 is 0 Å². The number of rotatable bonds is 10. The van der Waals surface area contributed by atoms with Gasteiger partial charge in [-0.3, -0.25) is 0 Å². The number of nitrogens with one attached hydrogen (secondary N) is 2. The van der Waals surface area contributed by atoms with E-state index in [2.05, 4.69) is 80.8 Å². The number of ether oxygens (including phenoxy) is 3. The Morgan fingerprint density at radius 2 is 1.97 bits per heavy atom. The minimum absolute atomic E-state index is 0. The van der Waals surface area contributed by atoms with Crippen molar-refractivity contribution in [1.29, 1.82) is 0 Å². The summed E-state index contributed by atoms with van der Waals surface area (Å²) in [6.07, 6.45) is 1.29. The normalized spacial score (nSPS) is 15.9. The highest BCUT2D eigenvalue weighted by molar-refractivity contribution is 14.0. The number of aryl methyl sites for hydroxylation is 1. The highest BCUT2D eigenvalue weighted by atomic mass is 127. The van der Waals surface area contributed by atoms with Gasteiger partial charge in [-0.05, 0) is 50.5 Å². The summed E-state index contributed by atoms with van der Waals surface area (Å²) in [6, 6.07) is 14.7. The van der Waals surface area contributed by atoms with Gasteiger partial charge in [-0.25, -0.2) is 4.99 Å². The summed E-state index contributed by atoms with van der Waals surface area (Å²) in [5, 5.41) is 6.78. The Balaban J connectivity index is 0.00000385. The summed E-state index contributed by atoms with van der Waals surface area (Å²) >= 11 is 0. The van der Waals surface area contributed by atoms with E-state index in [0.29, 0.717) is 26.3 Å². The predicted octanol–water partition coefficient (Wildman–Crippen LogP) is 4.96. The van der Waals surface area contributed by atoms with Crippen LogP contribution in [0, 0.1) is 6.92 Å². The number of benzene rings is 2. The van der Waals surface area contributed by atoms with Crippen LogP contribution in [0.3, 0.4) is 0 Å². The molecule has 33 heavy (non-hydrogen) atoms. The zero-order valence-electron chi connectivity index (χ0n) is 20.2. The lowest BCUT2D eigenvalue weighted by molar-refractivity contribution is 0.0657. The van der Waals surface area contributed by atoms with Crippen molar-refractivity contribution in [2.75, 3.05) is 19.8 Å². The third-order valence-electron chi connectivity index (χ3n) is 5.19. The summed E-state index contributed by atoms with van der Waals surface area (Å²) in [4.78, 5) is 4.78.